The molecule has 0 unspecified atom stereocenters. The summed E-state index contributed by atoms with van der Waals surface area (Å²) in [7, 11) is 3.26. The topological polar surface area (TPSA) is 41.2 Å². The van der Waals surface area contributed by atoms with Crippen molar-refractivity contribution in [3.05, 3.63) is 53.9 Å². The molecule has 5 nitrogen and oxygen atoms in total. The number of benzene rings is 2. The molecular formula is C24H30F2IN3O2S. The molecule has 0 fully saturated rings. The molecule has 2 aromatic carbocycles. The third-order valence-corrected chi connectivity index (χ3v) is 6.29. The molecule has 2 heterocycles. The van der Waals surface area contributed by atoms with Crippen LogP contribution < -0.4 is 9.47 Å². The van der Waals surface area contributed by atoms with Crippen LogP contribution >= 0.6 is 30.3 Å². The van der Waals surface area contributed by atoms with Crippen molar-refractivity contribution in [3.63, 3.8) is 0 Å². The molecule has 0 spiro atoms. The molecular weight excluding hydrogens is 559 g/mol. The second-order valence-corrected chi connectivity index (χ2v) is 8.69. The average molecular weight is 589 g/mol. The maximum atomic E-state index is 12.4. The van der Waals surface area contributed by atoms with Crippen LogP contribution in [-0.4, -0.2) is 27.5 Å². The van der Waals surface area contributed by atoms with E-state index in [1.165, 1.54) is 18.6 Å². The zero-order valence-corrected chi connectivity index (χ0v) is 22.7. The Morgan fingerprint density at radius 1 is 1.15 bits per heavy atom. The molecule has 0 aliphatic carbocycles. The summed E-state index contributed by atoms with van der Waals surface area (Å²) in [6.07, 6.45) is 5.17. The van der Waals surface area contributed by atoms with Crippen LogP contribution in [0.1, 0.15) is 45.2 Å². The minimum absolute atomic E-state index is 0.0965. The first-order valence-electron chi connectivity index (χ1n) is 10.8. The quantitative estimate of drug-likeness (QED) is 0.213. The van der Waals surface area contributed by atoms with E-state index in [-0.39, 0.29) is 5.75 Å². The Balaban J connectivity index is 0.000000714. The lowest BCUT2D eigenvalue weighted by Crippen LogP contribution is -2.04. The Kier molecular flexibility index (Phi) is 10.7. The third kappa shape index (κ3) is 6.53. The van der Waals surface area contributed by atoms with Crippen LogP contribution in [0, 0.1) is 6.92 Å². The molecule has 4 rings (SSSR count). The van der Waals surface area contributed by atoms with Crippen molar-refractivity contribution in [2.75, 3.05) is 7.11 Å². The summed E-state index contributed by atoms with van der Waals surface area (Å²) in [4.78, 5) is 0. The van der Waals surface area contributed by atoms with E-state index in [0.29, 0.717) is 12.1 Å². The predicted octanol–water partition coefficient (Wildman–Crippen LogP) is 8.25. The first kappa shape index (κ1) is 27.2. The predicted molar refractivity (Wildman–Crippen MR) is 143 cm³/mol. The normalized spacial score (nSPS) is 10.6. The number of methoxy groups -OCH3 is 1. The Morgan fingerprint density at radius 2 is 1.85 bits per heavy atom. The van der Waals surface area contributed by atoms with Gasteiger partial charge < -0.3 is 9.47 Å². The number of rotatable bonds is 6. The first-order valence-corrected chi connectivity index (χ1v) is 14.1. The van der Waals surface area contributed by atoms with E-state index >= 15 is 0 Å². The summed E-state index contributed by atoms with van der Waals surface area (Å²) >= 11 is 2.25. The lowest BCUT2D eigenvalue weighted by atomic mass is 10.0. The van der Waals surface area contributed by atoms with E-state index in [9.17, 15) is 8.78 Å². The number of fused-ring (bicyclic) bond motifs is 2. The highest BCUT2D eigenvalue weighted by molar-refractivity contribution is 14.2. The first-order chi connectivity index (χ1) is 15.9. The van der Waals surface area contributed by atoms with Gasteiger partial charge in [-0.15, -0.1) is 0 Å². The summed E-state index contributed by atoms with van der Waals surface area (Å²) in [5, 5.41) is 6.48. The van der Waals surface area contributed by atoms with Gasteiger partial charge >= 0.3 is 6.61 Å². The van der Waals surface area contributed by atoms with Crippen LogP contribution in [0.5, 0.6) is 11.5 Å². The summed E-state index contributed by atoms with van der Waals surface area (Å²) in [6.45, 7) is 7.95. The Hall–Kier alpha value is -2.01. The second kappa shape index (κ2) is 13.0. The van der Waals surface area contributed by atoms with Gasteiger partial charge in [-0.25, -0.2) is 0 Å². The van der Waals surface area contributed by atoms with Crippen molar-refractivity contribution in [1.82, 2.24) is 13.8 Å². The van der Waals surface area contributed by atoms with Gasteiger partial charge in [-0.2, -0.15) is 13.9 Å². The fourth-order valence-electron chi connectivity index (χ4n) is 3.40. The SMILES string of the molecule is CC.CCC.COc1cc(C)c2c(ccn2SI)c1Cn1cc2ccc(OC(F)F)cc2n1. The molecule has 0 bridgehead atoms. The molecule has 9 heteroatoms. The minimum atomic E-state index is -2.86. The van der Waals surface area contributed by atoms with Crippen molar-refractivity contribution in [3.8, 4) is 11.5 Å². The zero-order valence-electron chi connectivity index (χ0n) is 19.7. The number of ether oxygens (including phenoxy) is 2. The minimum Gasteiger partial charge on any atom is -0.496 e. The van der Waals surface area contributed by atoms with Crippen molar-refractivity contribution < 1.29 is 18.3 Å². The van der Waals surface area contributed by atoms with Gasteiger partial charge in [-0.05, 0) is 36.8 Å². The molecule has 33 heavy (non-hydrogen) atoms. The molecule has 180 valence electrons. The van der Waals surface area contributed by atoms with Gasteiger partial charge in [-0.3, -0.25) is 8.65 Å². The monoisotopic (exact) mass is 589 g/mol. The van der Waals surface area contributed by atoms with Gasteiger partial charge in [0.1, 0.15) is 11.5 Å². The fourth-order valence-corrected chi connectivity index (χ4v) is 4.80. The highest BCUT2D eigenvalue weighted by atomic mass is 127. The van der Waals surface area contributed by atoms with Gasteiger partial charge in [0.15, 0.2) is 0 Å². The summed E-state index contributed by atoms with van der Waals surface area (Å²) < 4.78 is 38.9. The number of aryl methyl sites for hydroxylation is 1. The van der Waals surface area contributed by atoms with Gasteiger partial charge in [-0.1, -0.05) is 34.1 Å². The van der Waals surface area contributed by atoms with E-state index in [0.717, 1.165) is 33.2 Å². The van der Waals surface area contributed by atoms with Crippen LogP contribution in [0.25, 0.3) is 21.8 Å². The maximum absolute atomic E-state index is 12.4. The van der Waals surface area contributed by atoms with Crippen LogP contribution in [0.15, 0.2) is 42.7 Å². The molecule has 4 aromatic rings. The number of halogens is 3. The standard InChI is InChI=1S/C19H16F2IN3O2S.C3H8.C2H6/c1-11-7-17(26-2)15(14-5-6-25(28-22)18(11)14)10-24-9-12-3-4-13(27-19(20)21)8-16(12)23-24;1-3-2;1-2/h3-9,19H,10H2,1-2H3;3H2,1-2H3;1-2H3. The second-order valence-electron chi connectivity index (χ2n) is 6.98. The largest absolute Gasteiger partial charge is 0.496 e. The summed E-state index contributed by atoms with van der Waals surface area (Å²) in [5.74, 6) is 0.890. The highest BCUT2D eigenvalue weighted by Gasteiger charge is 2.16. The molecule has 0 atom stereocenters. The number of alkyl halides is 2. The molecule has 0 radical (unpaired) electrons. The Morgan fingerprint density at radius 3 is 2.45 bits per heavy atom. The number of aromatic nitrogens is 3. The van der Waals surface area contributed by atoms with E-state index in [2.05, 4.69) is 61.9 Å². The van der Waals surface area contributed by atoms with Crippen molar-refractivity contribution in [2.24, 2.45) is 0 Å². The molecule has 0 saturated heterocycles. The van der Waals surface area contributed by atoms with Crippen LogP contribution in [0.4, 0.5) is 8.78 Å². The van der Waals surface area contributed by atoms with E-state index in [1.54, 1.807) is 27.0 Å². The van der Waals surface area contributed by atoms with Crippen molar-refractivity contribution in [2.45, 2.75) is 54.2 Å². The summed E-state index contributed by atoms with van der Waals surface area (Å²) in [6, 6.07) is 8.86. The highest BCUT2D eigenvalue weighted by Crippen LogP contribution is 2.35. The third-order valence-electron chi connectivity index (χ3n) is 4.56. The lowest BCUT2D eigenvalue weighted by molar-refractivity contribution is -0.0497. The lowest BCUT2D eigenvalue weighted by Gasteiger charge is -2.13. The van der Waals surface area contributed by atoms with Crippen LogP contribution in [0.3, 0.4) is 0 Å². The number of hydrogen-bond donors (Lipinski definition) is 0. The van der Waals surface area contributed by atoms with Gasteiger partial charge in [0, 0.05) is 65.1 Å². The molecule has 0 aliphatic heterocycles. The average Bonchev–Trinajstić information content (AvgIpc) is 3.40. The van der Waals surface area contributed by atoms with E-state index in [1.807, 2.05) is 32.3 Å². The molecule has 0 N–H and O–H groups in total. The Bertz CT molecular complexity index is 1180. The fraction of sp³-hybridized carbons (Fsp3) is 0.375. The Labute approximate surface area is 210 Å². The van der Waals surface area contributed by atoms with E-state index < -0.39 is 6.61 Å². The van der Waals surface area contributed by atoms with E-state index in [4.69, 9.17) is 4.74 Å². The maximum Gasteiger partial charge on any atom is 0.387 e. The van der Waals surface area contributed by atoms with Crippen molar-refractivity contribution >= 4 is 52.1 Å². The smallest absolute Gasteiger partial charge is 0.387 e. The zero-order chi connectivity index (χ0) is 24.5. The summed E-state index contributed by atoms with van der Waals surface area (Å²) in [5.41, 5.74) is 3.88. The molecule has 0 amide bonds. The van der Waals surface area contributed by atoms with Crippen LogP contribution in [0.2, 0.25) is 0 Å². The van der Waals surface area contributed by atoms with Gasteiger partial charge in [0.25, 0.3) is 0 Å². The molecule has 0 saturated carbocycles. The molecule has 2 aromatic heterocycles. The van der Waals surface area contributed by atoms with Crippen LogP contribution in [-0.2, 0) is 6.54 Å². The van der Waals surface area contributed by atoms with Gasteiger partial charge in [0.2, 0.25) is 0 Å². The number of nitrogens with zero attached hydrogens (tertiary/aromatic N) is 3. The van der Waals surface area contributed by atoms with Gasteiger partial charge in [0.05, 0.1) is 24.7 Å². The number of hydrogen-bond acceptors (Lipinski definition) is 4. The van der Waals surface area contributed by atoms with Crippen molar-refractivity contribution in [1.29, 1.82) is 0 Å². The molecule has 0 aliphatic rings.